The third-order valence-corrected chi connectivity index (χ3v) is 8.71. The van der Waals surface area contributed by atoms with Crippen LogP contribution in [0.1, 0.15) is 59.3 Å². The van der Waals surface area contributed by atoms with E-state index in [1.807, 2.05) is 30.7 Å². The molecule has 0 bridgehead atoms. The number of hydrogen-bond acceptors (Lipinski definition) is 10. The Morgan fingerprint density at radius 2 is 2.00 bits per heavy atom. The minimum absolute atomic E-state index is 0.109. The topological polar surface area (TPSA) is 120 Å². The minimum Gasteiger partial charge on any atom is -0.428 e. The monoisotopic (exact) mass is 551 g/mol. The maximum absolute atomic E-state index is 13.5. The van der Waals surface area contributed by atoms with Crippen LogP contribution in [0.4, 0.5) is 4.79 Å². The van der Waals surface area contributed by atoms with E-state index in [2.05, 4.69) is 4.98 Å². The number of amides is 1. The standard InChI is InChI=1S/C25H33N3O7S2/c1-8-9-25(5,6)35-24(32)34-14(4)33-23(31)19-16(12(2)18-17(13(3)29)21(30)28(18)19)15-10-27-11-26-20(36-7)22(27)37-15/h10-14,17-18,29H,8-9H2,1-7H3/t12-,13+,14?,17+,18+/m0/s1. The SMILES string of the molecule is CCCC(C)(C)OC(=O)OC(C)OC(=O)C1=C(c2cn3cnc(SC)c3s2)[C@H](C)[C@@H]2[C@@H]([C@@H](C)O)C(=O)N12. The number of β-lactam (4-membered cyclic amide) rings is 1. The average Bonchev–Trinajstić information content (AvgIpc) is 3.42. The van der Waals surface area contributed by atoms with Gasteiger partial charge in [-0.2, -0.15) is 0 Å². The molecule has 4 heterocycles. The zero-order chi connectivity index (χ0) is 27.2. The molecule has 4 rings (SSSR count). The highest BCUT2D eigenvalue weighted by molar-refractivity contribution is 7.98. The number of aliphatic hydroxyl groups is 1. The molecule has 1 amide bonds. The third kappa shape index (κ3) is 4.98. The third-order valence-electron chi connectivity index (χ3n) is 6.75. The van der Waals surface area contributed by atoms with E-state index in [9.17, 15) is 19.5 Å². The van der Waals surface area contributed by atoms with Gasteiger partial charge < -0.3 is 24.2 Å². The molecule has 1 fully saturated rings. The summed E-state index contributed by atoms with van der Waals surface area (Å²) in [6, 6.07) is -0.374. The van der Waals surface area contributed by atoms with Crippen molar-refractivity contribution in [2.45, 2.75) is 83.4 Å². The first-order chi connectivity index (χ1) is 17.4. The largest absolute Gasteiger partial charge is 0.511 e. The highest BCUT2D eigenvalue weighted by atomic mass is 32.2. The number of aromatic nitrogens is 2. The van der Waals surface area contributed by atoms with E-state index in [1.54, 1.807) is 27.1 Å². The Morgan fingerprint density at radius 1 is 1.30 bits per heavy atom. The number of aliphatic hydroxyl groups excluding tert-OH is 1. The van der Waals surface area contributed by atoms with Gasteiger partial charge in [0.05, 0.1) is 22.9 Å². The minimum atomic E-state index is -1.24. The molecular weight excluding hydrogens is 518 g/mol. The zero-order valence-electron chi connectivity index (χ0n) is 22.0. The molecule has 0 radical (unpaired) electrons. The summed E-state index contributed by atoms with van der Waals surface area (Å²) in [4.78, 5) is 46.3. The quantitative estimate of drug-likeness (QED) is 0.210. The molecule has 0 spiro atoms. The second kappa shape index (κ2) is 10.3. The van der Waals surface area contributed by atoms with E-state index in [0.29, 0.717) is 12.0 Å². The molecule has 37 heavy (non-hydrogen) atoms. The number of esters is 1. The molecule has 2 aromatic heterocycles. The van der Waals surface area contributed by atoms with Crippen LogP contribution in [0, 0.1) is 11.8 Å². The van der Waals surface area contributed by atoms with Crippen molar-refractivity contribution in [3.63, 3.8) is 0 Å². The molecule has 1 unspecified atom stereocenters. The molecule has 1 N–H and O–H groups in total. The Hall–Kier alpha value is -2.57. The lowest BCUT2D eigenvalue weighted by Crippen LogP contribution is -2.63. The number of rotatable bonds is 9. The Bertz CT molecular complexity index is 1250. The molecule has 202 valence electrons. The lowest BCUT2D eigenvalue weighted by molar-refractivity contribution is -0.175. The number of carbonyl (C=O) groups is 3. The first-order valence-electron chi connectivity index (χ1n) is 12.3. The molecule has 0 aromatic carbocycles. The van der Waals surface area contributed by atoms with E-state index in [-0.39, 0.29) is 23.6 Å². The van der Waals surface area contributed by atoms with Crippen LogP contribution >= 0.6 is 23.1 Å². The number of thiazole rings is 1. The maximum Gasteiger partial charge on any atom is 0.511 e. The van der Waals surface area contributed by atoms with Crippen molar-refractivity contribution in [1.29, 1.82) is 0 Å². The fraction of sp³-hybridized carbons (Fsp3) is 0.600. The first-order valence-corrected chi connectivity index (χ1v) is 14.3. The number of fused-ring (bicyclic) bond motifs is 2. The van der Waals surface area contributed by atoms with Crippen molar-refractivity contribution in [3.05, 3.63) is 23.1 Å². The summed E-state index contributed by atoms with van der Waals surface area (Å²) in [5.74, 6) is -1.96. The second-order valence-electron chi connectivity index (χ2n) is 10.0. The zero-order valence-corrected chi connectivity index (χ0v) is 23.6. The Kier molecular flexibility index (Phi) is 7.64. The van der Waals surface area contributed by atoms with E-state index < -0.39 is 36.0 Å². The van der Waals surface area contributed by atoms with Gasteiger partial charge in [0.15, 0.2) is 0 Å². The molecule has 0 saturated carbocycles. The Balaban J connectivity index is 1.62. The summed E-state index contributed by atoms with van der Waals surface area (Å²) in [6.07, 6.45) is 3.96. The summed E-state index contributed by atoms with van der Waals surface area (Å²) in [6.45, 7) is 10.5. The van der Waals surface area contributed by atoms with E-state index in [4.69, 9.17) is 14.2 Å². The lowest BCUT2D eigenvalue weighted by Gasteiger charge is -2.46. The number of hydrogen-bond donors (Lipinski definition) is 1. The van der Waals surface area contributed by atoms with Crippen LogP contribution in [-0.2, 0) is 23.8 Å². The van der Waals surface area contributed by atoms with Crippen molar-refractivity contribution >= 4 is 51.5 Å². The number of imidazole rings is 1. The van der Waals surface area contributed by atoms with Crippen LogP contribution in [-0.4, -0.2) is 67.7 Å². The normalized spacial score (nSPS) is 23.1. The Morgan fingerprint density at radius 3 is 2.62 bits per heavy atom. The predicted molar refractivity (Wildman–Crippen MR) is 139 cm³/mol. The molecule has 1 saturated heterocycles. The number of carbonyl (C=O) groups excluding carboxylic acids is 3. The number of ether oxygens (including phenoxy) is 3. The fourth-order valence-electron chi connectivity index (χ4n) is 5.19. The first kappa shape index (κ1) is 27.5. The van der Waals surface area contributed by atoms with Crippen LogP contribution in [0.5, 0.6) is 0 Å². The summed E-state index contributed by atoms with van der Waals surface area (Å²) in [5.41, 5.74) is 0.0517. The summed E-state index contributed by atoms with van der Waals surface area (Å²) >= 11 is 2.99. The van der Waals surface area contributed by atoms with Crippen LogP contribution in [0.2, 0.25) is 0 Å². The van der Waals surface area contributed by atoms with Crippen molar-refractivity contribution in [3.8, 4) is 0 Å². The summed E-state index contributed by atoms with van der Waals surface area (Å²) in [7, 11) is 0. The van der Waals surface area contributed by atoms with Gasteiger partial charge in [0, 0.05) is 24.6 Å². The van der Waals surface area contributed by atoms with Crippen molar-refractivity contribution in [2.75, 3.05) is 6.26 Å². The molecule has 0 aliphatic carbocycles. The highest BCUT2D eigenvalue weighted by Gasteiger charge is 2.60. The fourth-order valence-corrected chi connectivity index (χ4v) is 7.11. The van der Waals surface area contributed by atoms with Crippen molar-refractivity contribution in [1.82, 2.24) is 14.3 Å². The average molecular weight is 552 g/mol. The van der Waals surface area contributed by atoms with Crippen molar-refractivity contribution < 1.29 is 33.7 Å². The molecule has 12 heteroatoms. The van der Waals surface area contributed by atoms with Crippen LogP contribution in [0.15, 0.2) is 23.2 Å². The number of thioether (sulfide) groups is 1. The van der Waals surface area contributed by atoms with Gasteiger partial charge in [0.25, 0.3) is 0 Å². The molecule has 2 aromatic rings. The van der Waals surface area contributed by atoms with Gasteiger partial charge in [-0.25, -0.2) is 14.6 Å². The highest BCUT2D eigenvalue weighted by Crippen LogP contribution is 2.52. The van der Waals surface area contributed by atoms with Crippen LogP contribution in [0.25, 0.3) is 10.4 Å². The lowest BCUT2D eigenvalue weighted by atomic mass is 9.77. The van der Waals surface area contributed by atoms with E-state index >= 15 is 0 Å². The van der Waals surface area contributed by atoms with Crippen molar-refractivity contribution in [2.24, 2.45) is 11.8 Å². The van der Waals surface area contributed by atoms with E-state index in [1.165, 1.54) is 34.9 Å². The van der Waals surface area contributed by atoms with Gasteiger partial charge in [-0.3, -0.25) is 9.20 Å². The summed E-state index contributed by atoms with van der Waals surface area (Å²) < 4.78 is 17.9. The van der Waals surface area contributed by atoms with Gasteiger partial charge in [0.2, 0.25) is 12.2 Å². The molecule has 10 nitrogen and oxygen atoms in total. The van der Waals surface area contributed by atoms with E-state index in [0.717, 1.165) is 21.2 Å². The predicted octanol–water partition coefficient (Wildman–Crippen LogP) is 4.31. The number of nitrogens with zero attached hydrogens (tertiary/aromatic N) is 3. The van der Waals surface area contributed by atoms with Gasteiger partial charge in [-0.05, 0) is 33.4 Å². The van der Waals surface area contributed by atoms with Gasteiger partial charge in [0.1, 0.15) is 27.5 Å². The molecule has 5 atom stereocenters. The Labute approximate surface area is 224 Å². The van der Waals surface area contributed by atoms with Crippen LogP contribution < -0.4 is 0 Å². The smallest absolute Gasteiger partial charge is 0.428 e. The molecule has 2 aliphatic heterocycles. The van der Waals surface area contributed by atoms with Gasteiger partial charge >= 0.3 is 12.1 Å². The maximum atomic E-state index is 13.5. The van der Waals surface area contributed by atoms with Crippen LogP contribution in [0.3, 0.4) is 0 Å². The summed E-state index contributed by atoms with van der Waals surface area (Å²) in [5, 5.41) is 11.1. The molecule has 2 aliphatic rings. The molecular formula is C25H33N3O7S2. The second-order valence-corrected chi connectivity index (χ2v) is 11.9. The van der Waals surface area contributed by atoms with Gasteiger partial charge in [-0.15, -0.1) is 23.1 Å². The van der Waals surface area contributed by atoms with Gasteiger partial charge in [-0.1, -0.05) is 20.3 Å².